The summed E-state index contributed by atoms with van der Waals surface area (Å²) in [5.41, 5.74) is 5.81. The topological polar surface area (TPSA) is 113 Å². The van der Waals surface area contributed by atoms with E-state index in [0.29, 0.717) is 24.0 Å². The molecule has 108 valence electrons. The molecule has 0 atom stereocenters. The predicted molar refractivity (Wildman–Crippen MR) is 74.8 cm³/mol. The molecule has 0 unspecified atom stereocenters. The third-order valence-corrected chi connectivity index (χ3v) is 3.99. The summed E-state index contributed by atoms with van der Waals surface area (Å²) in [6, 6.07) is 8.54. The van der Waals surface area contributed by atoms with Crippen LogP contribution in [-0.2, 0) is 20.6 Å². The van der Waals surface area contributed by atoms with Crippen molar-refractivity contribution in [3.63, 3.8) is 0 Å². The quantitative estimate of drug-likeness (QED) is 0.685. The summed E-state index contributed by atoms with van der Waals surface area (Å²) in [4.78, 5) is 10.5. The number of carbonyl (C=O) groups excluding carboxylic acids is 1. The molecular formula is C13H17N3O3S. The minimum Gasteiger partial charge on any atom is -0.370 e. The van der Waals surface area contributed by atoms with Crippen molar-refractivity contribution in [3.05, 3.63) is 35.4 Å². The Kier molecular flexibility index (Phi) is 6.15. The number of carbonyl (C=O) groups is 1. The normalized spacial score (nSPS) is 10.9. The molecule has 3 N–H and O–H groups in total. The molecule has 1 aromatic rings. The molecule has 6 nitrogen and oxygen atoms in total. The van der Waals surface area contributed by atoms with Crippen LogP contribution in [0.2, 0.25) is 0 Å². The number of nitrogens with two attached hydrogens (primary N) is 1. The van der Waals surface area contributed by atoms with Crippen LogP contribution in [0.3, 0.4) is 0 Å². The van der Waals surface area contributed by atoms with Crippen LogP contribution in [0.15, 0.2) is 24.3 Å². The van der Waals surface area contributed by atoms with Gasteiger partial charge in [0.25, 0.3) is 0 Å². The number of amides is 1. The molecule has 1 amide bonds. The first-order chi connectivity index (χ1) is 9.44. The van der Waals surface area contributed by atoms with Gasteiger partial charge in [0, 0.05) is 13.0 Å². The highest BCUT2D eigenvalue weighted by molar-refractivity contribution is 7.88. The number of sulfonamides is 1. The molecule has 0 heterocycles. The van der Waals surface area contributed by atoms with E-state index in [0.717, 1.165) is 0 Å². The van der Waals surface area contributed by atoms with E-state index in [1.165, 1.54) is 0 Å². The molecule has 0 saturated heterocycles. The summed E-state index contributed by atoms with van der Waals surface area (Å²) in [5.74, 6) is -0.622. The largest absolute Gasteiger partial charge is 0.370 e. The van der Waals surface area contributed by atoms with E-state index < -0.39 is 15.9 Å². The number of nitrogens with zero attached hydrogens (tertiary/aromatic N) is 1. The van der Waals surface area contributed by atoms with Gasteiger partial charge in [-0.1, -0.05) is 18.2 Å². The van der Waals surface area contributed by atoms with Crippen LogP contribution in [0.1, 0.15) is 30.4 Å². The van der Waals surface area contributed by atoms with Crippen molar-refractivity contribution in [2.45, 2.75) is 25.0 Å². The van der Waals surface area contributed by atoms with Crippen molar-refractivity contribution in [3.8, 4) is 6.07 Å². The second-order valence-corrected chi connectivity index (χ2v) is 6.15. The summed E-state index contributed by atoms with van der Waals surface area (Å²) < 4.78 is 26.1. The number of unbranched alkanes of at least 4 members (excludes halogenated alkanes) is 1. The van der Waals surface area contributed by atoms with Gasteiger partial charge in [-0.15, -0.1) is 0 Å². The third kappa shape index (κ3) is 5.82. The molecular weight excluding hydrogens is 278 g/mol. The average molecular weight is 295 g/mol. The van der Waals surface area contributed by atoms with Gasteiger partial charge in [0.05, 0.1) is 17.4 Å². The van der Waals surface area contributed by atoms with Crippen LogP contribution >= 0.6 is 0 Å². The van der Waals surface area contributed by atoms with E-state index in [9.17, 15) is 13.2 Å². The Morgan fingerprint density at radius 3 is 2.65 bits per heavy atom. The van der Waals surface area contributed by atoms with Gasteiger partial charge in [0.2, 0.25) is 15.9 Å². The highest BCUT2D eigenvalue weighted by Gasteiger charge is 2.13. The Morgan fingerprint density at radius 1 is 1.30 bits per heavy atom. The van der Waals surface area contributed by atoms with E-state index in [4.69, 9.17) is 11.0 Å². The highest BCUT2D eigenvalue weighted by atomic mass is 32.2. The zero-order valence-corrected chi connectivity index (χ0v) is 11.8. The van der Waals surface area contributed by atoms with Crippen LogP contribution in [0, 0.1) is 11.3 Å². The number of primary amides is 1. The molecule has 0 radical (unpaired) electrons. The summed E-state index contributed by atoms with van der Waals surface area (Å²) in [7, 11) is -3.49. The fourth-order valence-corrected chi connectivity index (χ4v) is 2.88. The van der Waals surface area contributed by atoms with Gasteiger partial charge in [0.1, 0.15) is 0 Å². The molecule has 0 aliphatic rings. The molecule has 0 aliphatic carbocycles. The number of nitrogens with one attached hydrogen (secondary N) is 1. The average Bonchev–Trinajstić information content (AvgIpc) is 2.38. The zero-order valence-electron chi connectivity index (χ0n) is 11.0. The van der Waals surface area contributed by atoms with E-state index in [1.54, 1.807) is 24.3 Å². The maximum atomic E-state index is 11.9. The first kappa shape index (κ1) is 16.1. The van der Waals surface area contributed by atoms with E-state index in [2.05, 4.69) is 4.72 Å². The fourth-order valence-electron chi connectivity index (χ4n) is 1.66. The molecule has 0 saturated carbocycles. The lowest BCUT2D eigenvalue weighted by atomic mass is 10.1. The summed E-state index contributed by atoms with van der Waals surface area (Å²) in [5, 5.41) is 8.90. The number of hydrogen-bond donors (Lipinski definition) is 2. The second-order valence-electron chi connectivity index (χ2n) is 4.35. The lowest BCUT2D eigenvalue weighted by molar-refractivity contribution is -0.118. The minimum atomic E-state index is -3.49. The van der Waals surface area contributed by atoms with E-state index in [-0.39, 0.29) is 18.7 Å². The van der Waals surface area contributed by atoms with Crippen LogP contribution in [0.4, 0.5) is 0 Å². The molecule has 20 heavy (non-hydrogen) atoms. The van der Waals surface area contributed by atoms with Crippen molar-refractivity contribution in [2.75, 3.05) is 6.54 Å². The Bertz CT molecular complexity index is 606. The summed E-state index contributed by atoms with van der Waals surface area (Å²) in [6.45, 7) is 0.254. The first-order valence-electron chi connectivity index (χ1n) is 6.18. The van der Waals surface area contributed by atoms with Crippen molar-refractivity contribution >= 4 is 15.9 Å². The summed E-state index contributed by atoms with van der Waals surface area (Å²) >= 11 is 0. The van der Waals surface area contributed by atoms with E-state index >= 15 is 0 Å². The monoisotopic (exact) mass is 295 g/mol. The van der Waals surface area contributed by atoms with Crippen LogP contribution < -0.4 is 10.5 Å². The fraction of sp³-hybridized carbons (Fsp3) is 0.385. The number of rotatable bonds is 8. The third-order valence-electron chi connectivity index (χ3n) is 2.66. The van der Waals surface area contributed by atoms with Crippen molar-refractivity contribution in [1.82, 2.24) is 4.72 Å². The summed E-state index contributed by atoms with van der Waals surface area (Å²) in [6.07, 6.45) is 1.34. The second kappa shape index (κ2) is 7.62. The highest BCUT2D eigenvalue weighted by Crippen LogP contribution is 2.10. The molecule has 0 aliphatic heterocycles. The molecule has 0 fully saturated rings. The maximum absolute atomic E-state index is 11.9. The van der Waals surface area contributed by atoms with Gasteiger partial charge in [-0.05, 0) is 24.5 Å². The van der Waals surface area contributed by atoms with Gasteiger partial charge >= 0.3 is 0 Å². The van der Waals surface area contributed by atoms with Crippen LogP contribution in [0.25, 0.3) is 0 Å². The molecule has 0 bridgehead atoms. The first-order valence-corrected chi connectivity index (χ1v) is 7.83. The van der Waals surface area contributed by atoms with Gasteiger partial charge in [0.15, 0.2) is 0 Å². The smallest absolute Gasteiger partial charge is 0.217 e. The molecule has 0 spiro atoms. The Hall–Kier alpha value is -1.91. The van der Waals surface area contributed by atoms with E-state index in [1.807, 2.05) is 6.07 Å². The van der Waals surface area contributed by atoms with Crippen molar-refractivity contribution in [2.24, 2.45) is 5.73 Å². The number of benzene rings is 1. The Morgan fingerprint density at radius 2 is 2.00 bits per heavy atom. The Labute approximate surface area is 118 Å². The lowest BCUT2D eigenvalue weighted by Gasteiger charge is -2.07. The van der Waals surface area contributed by atoms with Gasteiger partial charge in [-0.2, -0.15) is 5.26 Å². The van der Waals surface area contributed by atoms with Gasteiger partial charge < -0.3 is 5.73 Å². The van der Waals surface area contributed by atoms with Crippen LogP contribution in [-0.4, -0.2) is 20.9 Å². The predicted octanol–water partition coefficient (Wildman–Crippen LogP) is 0.633. The standard InChI is InChI=1S/C13H17N3O3S/c14-9-11-5-1-2-6-12(11)10-20(18,19)16-8-4-3-7-13(15)17/h1-2,5-6,16H,3-4,7-8,10H2,(H2,15,17). The lowest BCUT2D eigenvalue weighted by Crippen LogP contribution is -2.26. The van der Waals surface area contributed by atoms with Crippen molar-refractivity contribution in [1.29, 1.82) is 5.26 Å². The molecule has 7 heteroatoms. The van der Waals surface area contributed by atoms with Gasteiger partial charge in [-0.3, -0.25) is 4.79 Å². The zero-order chi connectivity index (χ0) is 15.0. The van der Waals surface area contributed by atoms with Gasteiger partial charge in [-0.25, -0.2) is 13.1 Å². The molecule has 1 aromatic carbocycles. The maximum Gasteiger partial charge on any atom is 0.217 e. The van der Waals surface area contributed by atoms with Crippen molar-refractivity contribution < 1.29 is 13.2 Å². The Balaban J connectivity index is 2.50. The SMILES string of the molecule is N#Cc1ccccc1CS(=O)(=O)NCCCCC(N)=O. The number of nitriles is 1. The molecule has 0 aromatic heterocycles. The van der Waals surface area contributed by atoms with Crippen LogP contribution in [0.5, 0.6) is 0 Å². The number of hydrogen-bond acceptors (Lipinski definition) is 4. The minimum absolute atomic E-state index is 0.230. The molecule has 1 rings (SSSR count).